The molecule has 1 heterocycles. The number of nitrogens with zero attached hydrogens (tertiary/aromatic N) is 1. The highest BCUT2D eigenvalue weighted by molar-refractivity contribution is 6.33. The zero-order valence-corrected chi connectivity index (χ0v) is 12.2. The molecule has 3 rings (SSSR count). The van der Waals surface area contributed by atoms with Crippen molar-refractivity contribution < 1.29 is 4.42 Å². The highest BCUT2D eigenvalue weighted by Crippen LogP contribution is 2.35. The van der Waals surface area contributed by atoms with Crippen molar-refractivity contribution in [3.8, 4) is 0 Å². The number of rotatable bonds is 2. The molecule has 0 bridgehead atoms. The number of fused-ring (bicyclic) bond motifs is 1. The molecule has 0 aliphatic carbocycles. The van der Waals surface area contributed by atoms with Gasteiger partial charge in [0.25, 0.3) is 0 Å². The van der Waals surface area contributed by atoms with E-state index >= 15 is 0 Å². The van der Waals surface area contributed by atoms with Gasteiger partial charge in [0.15, 0.2) is 5.58 Å². The minimum absolute atomic E-state index is 0.390. The molecule has 1 atom stereocenters. The Kier molecular flexibility index (Phi) is 3.32. The van der Waals surface area contributed by atoms with E-state index in [1.54, 1.807) is 19.2 Å². The SMILES string of the molecule is Cn1c(=O)oc2cc(C(Cl)c3ccccc3)c(Cl)cc21. The van der Waals surface area contributed by atoms with Gasteiger partial charge in [0.2, 0.25) is 0 Å². The lowest BCUT2D eigenvalue weighted by Crippen LogP contribution is -2.08. The van der Waals surface area contributed by atoms with Gasteiger partial charge in [-0.25, -0.2) is 4.79 Å². The summed E-state index contributed by atoms with van der Waals surface area (Å²) in [7, 11) is 1.64. The van der Waals surface area contributed by atoms with Crippen molar-refractivity contribution in [2.75, 3.05) is 0 Å². The fraction of sp³-hybridized carbons (Fsp3) is 0.133. The van der Waals surface area contributed by atoms with Crippen molar-refractivity contribution in [1.29, 1.82) is 0 Å². The van der Waals surface area contributed by atoms with E-state index < -0.39 is 11.1 Å². The molecule has 102 valence electrons. The van der Waals surface area contributed by atoms with Crippen LogP contribution in [-0.2, 0) is 7.05 Å². The van der Waals surface area contributed by atoms with Crippen molar-refractivity contribution in [2.24, 2.45) is 7.05 Å². The molecule has 0 saturated carbocycles. The summed E-state index contributed by atoms with van der Waals surface area (Å²) in [6.45, 7) is 0. The first-order valence-electron chi connectivity index (χ1n) is 6.06. The predicted molar refractivity (Wildman–Crippen MR) is 80.6 cm³/mol. The molecule has 3 aromatic rings. The van der Waals surface area contributed by atoms with Crippen LogP contribution in [-0.4, -0.2) is 4.57 Å². The minimum Gasteiger partial charge on any atom is -0.408 e. The molecule has 0 saturated heterocycles. The maximum absolute atomic E-state index is 11.5. The van der Waals surface area contributed by atoms with Crippen molar-refractivity contribution in [1.82, 2.24) is 4.57 Å². The average Bonchev–Trinajstić information content (AvgIpc) is 2.74. The Morgan fingerprint density at radius 3 is 2.60 bits per heavy atom. The molecule has 1 unspecified atom stereocenters. The minimum atomic E-state index is -0.418. The van der Waals surface area contributed by atoms with Crippen LogP contribution >= 0.6 is 23.2 Å². The van der Waals surface area contributed by atoms with Gasteiger partial charge in [-0.05, 0) is 23.3 Å². The first-order valence-corrected chi connectivity index (χ1v) is 6.87. The number of halogens is 2. The number of aromatic nitrogens is 1. The number of benzene rings is 2. The zero-order valence-electron chi connectivity index (χ0n) is 10.6. The van der Waals surface area contributed by atoms with Gasteiger partial charge in [-0.3, -0.25) is 4.57 Å². The van der Waals surface area contributed by atoms with Crippen molar-refractivity contribution in [2.45, 2.75) is 5.38 Å². The largest absolute Gasteiger partial charge is 0.419 e. The molecular formula is C15H11Cl2NO2. The molecule has 0 aliphatic rings. The average molecular weight is 308 g/mol. The summed E-state index contributed by atoms with van der Waals surface area (Å²) < 4.78 is 6.58. The summed E-state index contributed by atoms with van der Waals surface area (Å²) in [5, 5.41) is 0.122. The summed E-state index contributed by atoms with van der Waals surface area (Å²) in [5.74, 6) is -0.418. The molecular weight excluding hydrogens is 297 g/mol. The second-order valence-corrected chi connectivity index (χ2v) is 5.39. The third-order valence-corrected chi connectivity index (χ3v) is 4.09. The van der Waals surface area contributed by atoms with Gasteiger partial charge in [-0.15, -0.1) is 11.6 Å². The van der Waals surface area contributed by atoms with Crippen LogP contribution in [0.1, 0.15) is 16.5 Å². The molecule has 0 fully saturated rings. The monoisotopic (exact) mass is 307 g/mol. The predicted octanol–water partition coefficient (Wildman–Crippen LogP) is 4.11. The molecule has 5 heteroatoms. The fourth-order valence-corrected chi connectivity index (χ4v) is 2.81. The number of hydrogen-bond acceptors (Lipinski definition) is 2. The maximum atomic E-state index is 11.5. The second-order valence-electron chi connectivity index (χ2n) is 4.54. The summed E-state index contributed by atoms with van der Waals surface area (Å²) in [4.78, 5) is 11.5. The smallest absolute Gasteiger partial charge is 0.408 e. The lowest BCUT2D eigenvalue weighted by Gasteiger charge is -2.12. The van der Waals surface area contributed by atoms with E-state index in [0.29, 0.717) is 16.1 Å². The molecule has 0 radical (unpaired) electrons. The Morgan fingerprint density at radius 2 is 1.90 bits per heavy atom. The van der Waals surface area contributed by atoms with Gasteiger partial charge in [-0.1, -0.05) is 41.9 Å². The van der Waals surface area contributed by atoms with Crippen LogP contribution in [0.25, 0.3) is 11.1 Å². The lowest BCUT2D eigenvalue weighted by atomic mass is 10.0. The first-order chi connectivity index (χ1) is 9.58. The second kappa shape index (κ2) is 5.00. The summed E-state index contributed by atoms with van der Waals surface area (Å²) in [6.07, 6.45) is 0. The standard InChI is InChI=1S/C15H11Cl2NO2/c1-18-12-8-11(16)10(7-13(12)20-15(18)19)14(17)9-5-3-2-4-6-9/h2-8,14H,1H3. The van der Waals surface area contributed by atoms with Crippen LogP contribution in [0.2, 0.25) is 5.02 Å². The summed E-state index contributed by atoms with van der Waals surface area (Å²) in [5.41, 5.74) is 2.80. The highest BCUT2D eigenvalue weighted by atomic mass is 35.5. The van der Waals surface area contributed by atoms with E-state index in [9.17, 15) is 4.79 Å². The Bertz CT molecular complexity index is 821. The first kappa shape index (κ1) is 13.3. The van der Waals surface area contributed by atoms with Gasteiger partial charge in [0.1, 0.15) is 0 Å². The molecule has 1 aromatic heterocycles. The number of alkyl halides is 1. The molecule has 0 spiro atoms. The van der Waals surface area contributed by atoms with Crippen LogP contribution in [0.4, 0.5) is 0 Å². The highest BCUT2D eigenvalue weighted by Gasteiger charge is 2.17. The molecule has 3 nitrogen and oxygen atoms in total. The van der Waals surface area contributed by atoms with Gasteiger partial charge >= 0.3 is 5.76 Å². The number of hydrogen-bond donors (Lipinski definition) is 0. The molecule has 0 aliphatic heterocycles. The van der Waals surface area contributed by atoms with E-state index in [-0.39, 0.29) is 0 Å². The number of oxazole rings is 1. The van der Waals surface area contributed by atoms with E-state index in [1.807, 2.05) is 30.3 Å². The third-order valence-electron chi connectivity index (χ3n) is 3.28. The molecule has 0 N–H and O–H groups in total. The fourth-order valence-electron chi connectivity index (χ4n) is 2.16. The van der Waals surface area contributed by atoms with Crippen LogP contribution < -0.4 is 5.76 Å². The summed E-state index contributed by atoms with van der Waals surface area (Å²) >= 11 is 12.8. The normalized spacial score (nSPS) is 12.8. The van der Waals surface area contributed by atoms with E-state index in [4.69, 9.17) is 27.6 Å². The topological polar surface area (TPSA) is 35.1 Å². The zero-order chi connectivity index (χ0) is 14.3. The quantitative estimate of drug-likeness (QED) is 0.668. The Hall–Kier alpha value is -1.71. The van der Waals surface area contributed by atoms with Crippen molar-refractivity contribution >= 4 is 34.3 Å². The Morgan fingerprint density at radius 1 is 1.20 bits per heavy atom. The van der Waals surface area contributed by atoms with Gasteiger partial charge in [0, 0.05) is 12.1 Å². The van der Waals surface area contributed by atoms with Crippen LogP contribution in [0.5, 0.6) is 0 Å². The van der Waals surface area contributed by atoms with Crippen molar-refractivity contribution in [3.05, 3.63) is 69.2 Å². The van der Waals surface area contributed by atoms with Gasteiger partial charge < -0.3 is 4.42 Å². The van der Waals surface area contributed by atoms with Gasteiger partial charge in [-0.2, -0.15) is 0 Å². The van der Waals surface area contributed by atoms with Crippen molar-refractivity contribution in [3.63, 3.8) is 0 Å². The Labute approximate surface area is 125 Å². The molecule has 20 heavy (non-hydrogen) atoms. The Balaban J connectivity index is 2.17. The maximum Gasteiger partial charge on any atom is 0.419 e. The number of aryl methyl sites for hydroxylation is 1. The lowest BCUT2D eigenvalue weighted by molar-refractivity contribution is 0.528. The van der Waals surface area contributed by atoms with Gasteiger partial charge in [0.05, 0.1) is 10.9 Å². The third kappa shape index (κ3) is 2.13. The van der Waals surface area contributed by atoms with Crippen LogP contribution in [0, 0.1) is 0 Å². The molecule has 2 aromatic carbocycles. The van der Waals surface area contributed by atoms with Crippen LogP contribution in [0.15, 0.2) is 51.7 Å². The molecule has 0 amide bonds. The van der Waals surface area contributed by atoms with E-state index in [2.05, 4.69) is 0 Å². The van der Waals surface area contributed by atoms with E-state index in [1.165, 1.54) is 4.57 Å². The van der Waals surface area contributed by atoms with E-state index in [0.717, 1.165) is 11.1 Å². The van der Waals surface area contributed by atoms with Crippen LogP contribution in [0.3, 0.4) is 0 Å². The summed E-state index contributed by atoms with van der Waals surface area (Å²) in [6, 6.07) is 13.0.